The summed E-state index contributed by atoms with van der Waals surface area (Å²) in [6, 6.07) is 4.68. The van der Waals surface area contributed by atoms with Gasteiger partial charge in [-0.15, -0.1) is 0 Å². The molecule has 0 bridgehead atoms. The van der Waals surface area contributed by atoms with Crippen LogP contribution in [-0.4, -0.2) is 39.6 Å². The Hall–Kier alpha value is -2.28. The van der Waals surface area contributed by atoms with Crippen molar-refractivity contribution in [3.63, 3.8) is 0 Å². The predicted octanol–water partition coefficient (Wildman–Crippen LogP) is 2.13. The maximum Gasteiger partial charge on any atom is 0.340 e. The summed E-state index contributed by atoms with van der Waals surface area (Å²) in [7, 11) is 1.53. The molecule has 1 saturated heterocycles. The van der Waals surface area contributed by atoms with Gasteiger partial charge in [0.2, 0.25) is 0 Å². The van der Waals surface area contributed by atoms with Crippen LogP contribution in [0.4, 0.5) is 0 Å². The van der Waals surface area contributed by atoms with Gasteiger partial charge in [-0.1, -0.05) is 11.6 Å². The van der Waals surface area contributed by atoms with Gasteiger partial charge in [-0.25, -0.2) is 9.89 Å². The van der Waals surface area contributed by atoms with E-state index in [-0.39, 0.29) is 17.6 Å². The summed E-state index contributed by atoms with van der Waals surface area (Å²) in [6.07, 6.45) is 2.64. The first-order chi connectivity index (χ1) is 11.1. The first-order valence-electron chi connectivity index (χ1n) is 7.38. The number of likely N-dealkylation sites (tertiary alicyclic amines) is 1. The molecule has 8 heteroatoms. The summed E-state index contributed by atoms with van der Waals surface area (Å²) in [5.74, 6) is 0.860. The minimum atomic E-state index is -0.373. The molecule has 0 radical (unpaired) electrons. The number of carbonyl (C=O) groups is 1. The summed E-state index contributed by atoms with van der Waals surface area (Å²) < 4.78 is 5.17. The number of aromatic nitrogens is 3. The molecule has 3 rings (SSSR count). The van der Waals surface area contributed by atoms with Crippen LogP contribution in [0.25, 0.3) is 0 Å². The van der Waals surface area contributed by atoms with Crippen molar-refractivity contribution in [1.29, 1.82) is 0 Å². The van der Waals surface area contributed by atoms with E-state index in [9.17, 15) is 9.59 Å². The fourth-order valence-electron chi connectivity index (χ4n) is 2.87. The smallest absolute Gasteiger partial charge is 0.340 e. The minimum absolute atomic E-state index is 0.153. The lowest BCUT2D eigenvalue weighted by Gasteiger charge is -2.34. The van der Waals surface area contributed by atoms with Gasteiger partial charge in [0.1, 0.15) is 5.75 Å². The van der Waals surface area contributed by atoms with E-state index in [4.69, 9.17) is 16.3 Å². The van der Waals surface area contributed by atoms with Crippen LogP contribution in [0.15, 0.2) is 23.0 Å². The maximum absolute atomic E-state index is 12.9. The topological polar surface area (TPSA) is 91.1 Å². The number of methoxy groups -OCH3 is 1. The zero-order chi connectivity index (χ0) is 16.4. The Balaban J connectivity index is 1.92. The average Bonchev–Trinajstić information content (AvgIpc) is 3.00. The lowest BCUT2D eigenvalue weighted by atomic mass is 10.00. The van der Waals surface area contributed by atoms with Crippen molar-refractivity contribution in [2.75, 3.05) is 13.7 Å². The van der Waals surface area contributed by atoms with Gasteiger partial charge >= 0.3 is 5.69 Å². The molecule has 0 unspecified atom stereocenters. The number of benzene rings is 1. The first-order valence-corrected chi connectivity index (χ1v) is 7.76. The summed E-state index contributed by atoms with van der Waals surface area (Å²) in [4.78, 5) is 28.6. The van der Waals surface area contributed by atoms with Gasteiger partial charge in [-0.2, -0.15) is 5.10 Å². The molecule has 1 atom stereocenters. The van der Waals surface area contributed by atoms with Gasteiger partial charge in [0.25, 0.3) is 5.91 Å². The second-order valence-electron chi connectivity index (χ2n) is 5.45. The maximum atomic E-state index is 12.9. The number of hydrogen-bond donors (Lipinski definition) is 2. The molecule has 1 amide bonds. The van der Waals surface area contributed by atoms with Crippen LogP contribution in [0.2, 0.25) is 5.02 Å². The van der Waals surface area contributed by atoms with E-state index in [2.05, 4.69) is 15.2 Å². The predicted molar refractivity (Wildman–Crippen MR) is 84.8 cm³/mol. The molecule has 2 N–H and O–H groups in total. The third-order valence-corrected chi connectivity index (χ3v) is 4.17. The van der Waals surface area contributed by atoms with Crippen LogP contribution in [0, 0.1) is 0 Å². The van der Waals surface area contributed by atoms with E-state index in [0.717, 1.165) is 19.3 Å². The van der Waals surface area contributed by atoms with Gasteiger partial charge in [0, 0.05) is 17.1 Å². The van der Waals surface area contributed by atoms with E-state index in [1.807, 2.05) is 0 Å². The van der Waals surface area contributed by atoms with Crippen LogP contribution < -0.4 is 10.4 Å². The molecule has 1 aromatic carbocycles. The molecule has 0 saturated carbocycles. The van der Waals surface area contributed by atoms with Gasteiger partial charge in [0.15, 0.2) is 5.82 Å². The van der Waals surface area contributed by atoms with Crippen molar-refractivity contribution in [3.05, 3.63) is 45.1 Å². The fourth-order valence-corrected chi connectivity index (χ4v) is 3.09. The molecular weight excluding hydrogens is 320 g/mol. The molecule has 1 aliphatic rings. The minimum Gasteiger partial charge on any atom is -0.497 e. The largest absolute Gasteiger partial charge is 0.497 e. The van der Waals surface area contributed by atoms with Crippen LogP contribution >= 0.6 is 11.6 Å². The Morgan fingerprint density at radius 1 is 1.39 bits per heavy atom. The molecular formula is C15H17ClN4O3. The van der Waals surface area contributed by atoms with Crippen LogP contribution in [-0.2, 0) is 0 Å². The van der Waals surface area contributed by atoms with E-state index in [1.165, 1.54) is 7.11 Å². The van der Waals surface area contributed by atoms with Crippen LogP contribution in [0.5, 0.6) is 5.75 Å². The van der Waals surface area contributed by atoms with E-state index in [0.29, 0.717) is 28.7 Å². The number of H-pyrrole nitrogens is 2. The Kier molecular flexibility index (Phi) is 4.38. The Morgan fingerprint density at radius 2 is 2.22 bits per heavy atom. The Bertz CT molecular complexity index is 770. The number of carbonyl (C=O) groups excluding carboxylic acids is 1. The molecule has 0 spiro atoms. The molecule has 2 heterocycles. The monoisotopic (exact) mass is 336 g/mol. The van der Waals surface area contributed by atoms with Gasteiger partial charge in [-0.05, 0) is 37.5 Å². The summed E-state index contributed by atoms with van der Waals surface area (Å²) in [6.45, 7) is 0.604. The van der Waals surface area contributed by atoms with E-state index >= 15 is 0 Å². The van der Waals surface area contributed by atoms with Gasteiger partial charge in [-0.3, -0.25) is 9.78 Å². The molecule has 122 valence electrons. The fraction of sp³-hybridized carbons (Fsp3) is 0.400. The average molecular weight is 337 g/mol. The standard InChI is InChI=1S/C15H17ClN4O3/c1-23-11-7-9(6-10(16)8-11)14(21)20-5-3-2-4-12(20)13-17-15(22)19-18-13/h6-8,12H,2-5H2,1H3,(H2,17,18,19,22)/t12-/m1/s1. The Labute approximate surface area is 137 Å². The number of nitrogens with one attached hydrogen (secondary N) is 2. The number of nitrogens with zero attached hydrogens (tertiary/aromatic N) is 2. The first kappa shape index (κ1) is 15.6. The molecule has 0 aliphatic carbocycles. The highest BCUT2D eigenvalue weighted by atomic mass is 35.5. The van der Waals surface area contributed by atoms with E-state index in [1.54, 1.807) is 23.1 Å². The lowest BCUT2D eigenvalue weighted by Crippen LogP contribution is -2.39. The van der Waals surface area contributed by atoms with Crippen LogP contribution in [0.3, 0.4) is 0 Å². The summed E-state index contributed by atoms with van der Waals surface area (Å²) in [5.41, 5.74) is 0.0847. The van der Waals surface area contributed by atoms with Gasteiger partial charge in [0.05, 0.1) is 13.2 Å². The third-order valence-electron chi connectivity index (χ3n) is 3.95. The molecule has 23 heavy (non-hydrogen) atoms. The van der Waals surface area contributed by atoms with Crippen molar-refractivity contribution < 1.29 is 9.53 Å². The van der Waals surface area contributed by atoms with Crippen molar-refractivity contribution in [3.8, 4) is 5.75 Å². The van der Waals surface area contributed by atoms with E-state index < -0.39 is 0 Å². The SMILES string of the molecule is COc1cc(Cl)cc(C(=O)N2CCCC[C@@H]2c2n[nH]c(=O)[nH]2)c1. The van der Waals surface area contributed by atoms with Gasteiger partial charge < -0.3 is 9.64 Å². The second-order valence-corrected chi connectivity index (χ2v) is 5.89. The normalized spacial score (nSPS) is 18.0. The molecule has 1 fully saturated rings. The third kappa shape index (κ3) is 3.24. The number of amides is 1. The lowest BCUT2D eigenvalue weighted by molar-refractivity contribution is 0.0600. The quantitative estimate of drug-likeness (QED) is 0.898. The molecule has 7 nitrogen and oxygen atoms in total. The highest BCUT2D eigenvalue weighted by Gasteiger charge is 2.31. The summed E-state index contributed by atoms with van der Waals surface area (Å²) >= 11 is 6.05. The zero-order valence-corrected chi connectivity index (χ0v) is 13.4. The number of aromatic amines is 2. The zero-order valence-electron chi connectivity index (χ0n) is 12.6. The molecule has 1 aromatic heterocycles. The van der Waals surface area contributed by atoms with Crippen molar-refractivity contribution in [1.82, 2.24) is 20.1 Å². The highest BCUT2D eigenvalue weighted by Crippen LogP contribution is 2.31. The Morgan fingerprint density at radius 3 is 2.91 bits per heavy atom. The van der Waals surface area contributed by atoms with Crippen molar-refractivity contribution in [2.24, 2.45) is 0 Å². The number of hydrogen-bond acceptors (Lipinski definition) is 4. The number of rotatable bonds is 3. The number of piperidine rings is 1. The van der Waals surface area contributed by atoms with Crippen molar-refractivity contribution >= 4 is 17.5 Å². The molecule has 2 aromatic rings. The summed E-state index contributed by atoms with van der Waals surface area (Å²) in [5, 5.41) is 6.77. The second kappa shape index (κ2) is 6.45. The highest BCUT2D eigenvalue weighted by molar-refractivity contribution is 6.31. The van der Waals surface area contributed by atoms with Crippen LogP contribution in [0.1, 0.15) is 41.5 Å². The van der Waals surface area contributed by atoms with Crippen molar-refractivity contribution in [2.45, 2.75) is 25.3 Å². The number of halogens is 1. The molecule has 1 aliphatic heterocycles. The number of ether oxygens (including phenoxy) is 1.